The second-order valence-electron chi connectivity index (χ2n) is 3.30. The summed E-state index contributed by atoms with van der Waals surface area (Å²) in [6.45, 7) is 1.87. The average molecular weight is 228 g/mol. The van der Waals surface area contributed by atoms with Crippen LogP contribution in [0.4, 0.5) is 0 Å². The van der Waals surface area contributed by atoms with E-state index in [2.05, 4.69) is 10.1 Å². The number of hydrogen-bond acceptors (Lipinski definition) is 5. The van der Waals surface area contributed by atoms with E-state index in [-0.39, 0.29) is 11.3 Å². The molecule has 15 heavy (non-hydrogen) atoms. The summed E-state index contributed by atoms with van der Waals surface area (Å²) in [5, 5.41) is 4.06. The molecule has 0 bridgehead atoms. The average Bonchev–Trinajstić information content (AvgIpc) is 2.72. The number of furan rings is 1. The zero-order valence-corrected chi connectivity index (χ0v) is 8.86. The van der Waals surface area contributed by atoms with Crippen LogP contribution in [0.2, 0.25) is 5.22 Å². The fourth-order valence-electron chi connectivity index (χ4n) is 1.15. The van der Waals surface area contributed by atoms with Crippen molar-refractivity contribution < 1.29 is 8.94 Å². The molecule has 0 aliphatic heterocycles. The Morgan fingerprint density at radius 2 is 2.33 bits per heavy atom. The molecular formula is C9H10ClN3O2. The van der Waals surface area contributed by atoms with Gasteiger partial charge in [-0.05, 0) is 30.7 Å². The fraction of sp³-hybridized carbons (Fsp3) is 0.333. The number of nitrogens with two attached hydrogens (primary N) is 1. The van der Waals surface area contributed by atoms with Gasteiger partial charge in [-0.15, -0.1) is 0 Å². The molecule has 2 N–H and O–H groups in total. The van der Waals surface area contributed by atoms with Crippen LogP contribution >= 0.6 is 11.6 Å². The summed E-state index contributed by atoms with van der Waals surface area (Å²) in [7, 11) is 0. The second kappa shape index (κ2) is 4.04. The van der Waals surface area contributed by atoms with Crippen molar-refractivity contribution in [2.45, 2.75) is 19.4 Å². The maximum atomic E-state index is 5.62. The third-order valence-corrected chi connectivity index (χ3v) is 1.96. The summed E-state index contributed by atoms with van der Waals surface area (Å²) in [5.41, 5.74) is 5.61. The zero-order chi connectivity index (χ0) is 10.8. The van der Waals surface area contributed by atoms with Crippen LogP contribution in [0.25, 0.3) is 11.7 Å². The minimum atomic E-state index is -0.00404. The predicted octanol–water partition coefficient (Wildman–Crippen LogP) is 1.87. The Bertz CT molecular complexity index is 450. The van der Waals surface area contributed by atoms with Crippen molar-refractivity contribution >= 4 is 11.6 Å². The molecule has 0 aromatic carbocycles. The van der Waals surface area contributed by atoms with Gasteiger partial charge in [0.15, 0.2) is 16.8 Å². The lowest BCUT2D eigenvalue weighted by Crippen LogP contribution is -2.18. The van der Waals surface area contributed by atoms with E-state index < -0.39 is 0 Å². The summed E-state index contributed by atoms with van der Waals surface area (Å²) >= 11 is 5.62. The van der Waals surface area contributed by atoms with E-state index >= 15 is 0 Å². The minimum absolute atomic E-state index is 0.00404. The first kappa shape index (κ1) is 10.2. The van der Waals surface area contributed by atoms with Crippen LogP contribution in [0.1, 0.15) is 12.7 Å². The first-order valence-corrected chi connectivity index (χ1v) is 4.87. The fourth-order valence-corrected chi connectivity index (χ4v) is 1.30. The molecule has 0 saturated heterocycles. The number of rotatable bonds is 3. The zero-order valence-electron chi connectivity index (χ0n) is 8.11. The minimum Gasteiger partial charge on any atom is -0.440 e. The number of nitrogens with zero attached hydrogens (tertiary/aromatic N) is 2. The van der Waals surface area contributed by atoms with Crippen molar-refractivity contribution in [2.75, 3.05) is 0 Å². The van der Waals surface area contributed by atoms with E-state index in [4.69, 9.17) is 26.3 Å². The molecule has 2 heterocycles. The van der Waals surface area contributed by atoms with Crippen LogP contribution in [0, 0.1) is 0 Å². The summed E-state index contributed by atoms with van der Waals surface area (Å²) in [5.74, 6) is 1.34. The van der Waals surface area contributed by atoms with Crippen LogP contribution < -0.4 is 5.73 Å². The summed E-state index contributed by atoms with van der Waals surface area (Å²) in [6, 6.07) is 3.29. The highest BCUT2D eigenvalue weighted by atomic mass is 35.5. The van der Waals surface area contributed by atoms with Gasteiger partial charge in [0.2, 0.25) is 0 Å². The number of halogens is 1. The molecular weight excluding hydrogens is 218 g/mol. The SMILES string of the molecule is CC(N)Cc1noc(-c2ccc(Cl)o2)n1. The maximum absolute atomic E-state index is 5.62. The van der Waals surface area contributed by atoms with Crippen molar-refractivity contribution in [1.82, 2.24) is 10.1 Å². The van der Waals surface area contributed by atoms with Crippen LogP contribution in [-0.2, 0) is 6.42 Å². The number of aromatic nitrogens is 2. The molecule has 2 aromatic heterocycles. The molecule has 0 fully saturated rings. The first-order chi connectivity index (χ1) is 7.15. The van der Waals surface area contributed by atoms with Gasteiger partial charge in [-0.1, -0.05) is 5.16 Å². The first-order valence-electron chi connectivity index (χ1n) is 4.49. The van der Waals surface area contributed by atoms with Crippen molar-refractivity contribution in [3.05, 3.63) is 23.2 Å². The lowest BCUT2D eigenvalue weighted by Gasteiger charge is -1.96. The van der Waals surface area contributed by atoms with Gasteiger partial charge in [-0.3, -0.25) is 0 Å². The molecule has 0 saturated carbocycles. The molecule has 2 rings (SSSR count). The topological polar surface area (TPSA) is 78.1 Å². The van der Waals surface area contributed by atoms with Gasteiger partial charge >= 0.3 is 0 Å². The normalized spacial score (nSPS) is 13.0. The molecule has 0 amide bonds. The van der Waals surface area contributed by atoms with Gasteiger partial charge in [-0.25, -0.2) is 0 Å². The van der Waals surface area contributed by atoms with Gasteiger partial charge in [-0.2, -0.15) is 4.98 Å². The highest BCUT2D eigenvalue weighted by Gasteiger charge is 2.13. The Hall–Kier alpha value is -1.33. The van der Waals surface area contributed by atoms with Crippen LogP contribution in [0.5, 0.6) is 0 Å². The van der Waals surface area contributed by atoms with Gasteiger partial charge < -0.3 is 14.7 Å². The van der Waals surface area contributed by atoms with E-state index in [9.17, 15) is 0 Å². The van der Waals surface area contributed by atoms with E-state index in [0.29, 0.717) is 23.9 Å². The van der Waals surface area contributed by atoms with Crippen LogP contribution in [0.3, 0.4) is 0 Å². The second-order valence-corrected chi connectivity index (χ2v) is 3.67. The Kier molecular flexibility index (Phi) is 2.75. The molecule has 0 aliphatic rings. The van der Waals surface area contributed by atoms with Gasteiger partial charge in [0, 0.05) is 12.5 Å². The molecule has 5 nitrogen and oxygen atoms in total. The van der Waals surface area contributed by atoms with Gasteiger partial charge in [0.1, 0.15) is 0 Å². The largest absolute Gasteiger partial charge is 0.440 e. The summed E-state index contributed by atoms with van der Waals surface area (Å²) in [4.78, 5) is 4.12. The van der Waals surface area contributed by atoms with Crippen LogP contribution in [-0.4, -0.2) is 16.2 Å². The van der Waals surface area contributed by atoms with Crippen molar-refractivity contribution in [3.8, 4) is 11.7 Å². The van der Waals surface area contributed by atoms with E-state index in [1.165, 1.54) is 0 Å². The number of hydrogen-bond donors (Lipinski definition) is 1. The standard InChI is InChI=1S/C9H10ClN3O2/c1-5(11)4-8-12-9(15-13-8)6-2-3-7(10)14-6/h2-3,5H,4,11H2,1H3. The van der Waals surface area contributed by atoms with Gasteiger partial charge in [0.25, 0.3) is 5.89 Å². The molecule has 0 spiro atoms. The van der Waals surface area contributed by atoms with Gasteiger partial charge in [0.05, 0.1) is 0 Å². The Labute approximate surface area is 91.2 Å². The molecule has 0 aliphatic carbocycles. The third-order valence-electron chi connectivity index (χ3n) is 1.76. The molecule has 6 heteroatoms. The Morgan fingerprint density at radius 3 is 2.93 bits per heavy atom. The molecule has 0 radical (unpaired) electrons. The smallest absolute Gasteiger partial charge is 0.293 e. The Morgan fingerprint density at radius 1 is 1.53 bits per heavy atom. The highest BCUT2D eigenvalue weighted by molar-refractivity contribution is 6.28. The third kappa shape index (κ3) is 2.37. The van der Waals surface area contributed by atoms with E-state index in [1.807, 2.05) is 6.92 Å². The van der Waals surface area contributed by atoms with Crippen molar-refractivity contribution in [3.63, 3.8) is 0 Å². The summed E-state index contributed by atoms with van der Waals surface area (Å²) in [6.07, 6.45) is 0.567. The summed E-state index contributed by atoms with van der Waals surface area (Å²) < 4.78 is 10.1. The lowest BCUT2D eigenvalue weighted by molar-refractivity contribution is 0.407. The molecule has 2 aromatic rings. The van der Waals surface area contributed by atoms with Crippen LogP contribution in [0.15, 0.2) is 21.1 Å². The molecule has 80 valence electrons. The van der Waals surface area contributed by atoms with E-state index in [0.717, 1.165) is 0 Å². The Balaban J connectivity index is 2.20. The monoisotopic (exact) mass is 227 g/mol. The van der Waals surface area contributed by atoms with Crippen molar-refractivity contribution in [1.29, 1.82) is 0 Å². The van der Waals surface area contributed by atoms with Crippen molar-refractivity contribution in [2.24, 2.45) is 5.73 Å². The maximum Gasteiger partial charge on any atom is 0.293 e. The molecule has 1 atom stereocenters. The highest BCUT2D eigenvalue weighted by Crippen LogP contribution is 2.22. The molecule has 1 unspecified atom stereocenters. The van der Waals surface area contributed by atoms with E-state index in [1.54, 1.807) is 12.1 Å². The predicted molar refractivity (Wildman–Crippen MR) is 54.4 cm³/mol. The quantitative estimate of drug-likeness (QED) is 0.866. The lowest BCUT2D eigenvalue weighted by atomic mass is 10.2.